The summed E-state index contributed by atoms with van der Waals surface area (Å²) >= 11 is 0. The van der Waals surface area contributed by atoms with Crippen molar-refractivity contribution < 1.29 is 0 Å². The van der Waals surface area contributed by atoms with Crippen LogP contribution in [0, 0.1) is 0 Å². The summed E-state index contributed by atoms with van der Waals surface area (Å²) in [6.45, 7) is 5.76. The van der Waals surface area contributed by atoms with Crippen LogP contribution in [0.1, 0.15) is 18.7 Å². The average Bonchev–Trinajstić information content (AvgIpc) is 2.27. The van der Waals surface area contributed by atoms with E-state index in [1.54, 1.807) is 0 Å². The molecule has 0 aliphatic rings. The van der Waals surface area contributed by atoms with E-state index < -0.39 is 0 Å². The minimum atomic E-state index is -0.172. The molecule has 0 amide bonds. The average molecular weight is 198 g/mol. The van der Waals surface area contributed by atoms with Crippen molar-refractivity contribution in [2.45, 2.75) is 13.0 Å². The van der Waals surface area contributed by atoms with Gasteiger partial charge in [0.05, 0.1) is 17.3 Å². The van der Waals surface area contributed by atoms with Crippen molar-refractivity contribution in [3.05, 3.63) is 54.2 Å². The fourth-order valence-corrected chi connectivity index (χ4v) is 1.51. The number of para-hydroxylation sites is 1. The number of pyridine rings is 1. The molecule has 2 rings (SSSR count). The Morgan fingerprint density at radius 2 is 2.00 bits per heavy atom. The van der Waals surface area contributed by atoms with Crippen molar-refractivity contribution in [1.82, 2.24) is 4.98 Å². The van der Waals surface area contributed by atoms with E-state index in [9.17, 15) is 0 Å². The zero-order valence-electron chi connectivity index (χ0n) is 8.77. The molecule has 1 unspecified atom stereocenters. The van der Waals surface area contributed by atoms with Gasteiger partial charge in [-0.15, -0.1) is 0 Å². The van der Waals surface area contributed by atoms with Crippen molar-refractivity contribution in [3.63, 3.8) is 0 Å². The van der Waals surface area contributed by atoms with Gasteiger partial charge in [-0.2, -0.15) is 0 Å². The molecular weight excluding hydrogens is 184 g/mol. The second-order valence-corrected chi connectivity index (χ2v) is 3.75. The van der Waals surface area contributed by atoms with E-state index >= 15 is 0 Å². The lowest BCUT2D eigenvalue weighted by atomic mass is 10.1. The van der Waals surface area contributed by atoms with E-state index in [-0.39, 0.29) is 6.04 Å². The molecular formula is C13H14N2. The lowest BCUT2D eigenvalue weighted by Crippen LogP contribution is -2.12. The zero-order valence-corrected chi connectivity index (χ0v) is 8.77. The molecule has 15 heavy (non-hydrogen) atoms. The van der Waals surface area contributed by atoms with Crippen LogP contribution in [0.5, 0.6) is 0 Å². The number of aromatic nitrogens is 1. The van der Waals surface area contributed by atoms with Gasteiger partial charge in [0.15, 0.2) is 0 Å². The highest BCUT2D eigenvalue weighted by Crippen LogP contribution is 2.18. The summed E-state index contributed by atoms with van der Waals surface area (Å²) in [5, 5.41) is 1.13. The van der Waals surface area contributed by atoms with Gasteiger partial charge in [0.1, 0.15) is 0 Å². The summed E-state index contributed by atoms with van der Waals surface area (Å²) < 4.78 is 0. The predicted octanol–water partition coefficient (Wildman–Crippen LogP) is 2.81. The standard InChI is InChI=1S/C13H14N2/c1-9(2)13(14)12-8-7-10-5-3-4-6-11(10)15-12/h3-8,13H,1,14H2,2H3. The first-order valence-electron chi connectivity index (χ1n) is 4.95. The quantitative estimate of drug-likeness (QED) is 0.753. The Kier molecular flexibility index (Phi) is 2.52. The summed E-state index contributed by atoms with van der Waals surface area (Å²) in [7, 11) is 0. The molecule has 1 aromatic carbocycles. The van der Waals surface area contributed by atoms with Crippen LogP contribution in [0.25, 0.3) is 10.9 Å². The molecule has 0 fully saturated rings. The summed E-state index contributed by atoms with van der Waals surface area (Å²) in [5.41, 5.74) is 8.75. The molecule has 1 atom stereocenters. The molecule has 1 heterocycles. The van der Waals surface area contributed by atoms with Gasteiger partial charge in [0.25, 0.3) is 0 Å². The Morgan fingerprint density at radius 1 is 1.27 bits per heavy atom. The van der Waals surface area contributed by atoms with Crippen LogP contribution in [0.3, 0.4) is 0 Å². The van der Waals surface area contributed by atoms with Crippen LogP contribution in [0.15, 0.2) is 48.6 Å². The third kappa shape index (κ3) is 1.90. The second-order valence-electron chi connectivity index (χ2n) is 3.75. The van der Waals surface area contributed by atoms with E-state index in [2.05, 4.69) is 11.6 Å². The number of nitrogens with two attached hydrogens (primary N) is 1. The molecule has 0 spiro atoms. The Balaban J connectivity index is 2.51. The summed E-state index contributed by atoms with van der Waals surface area (Å²) in [5.74, 6) is 0. The fourth-order valence-electron chi connectivity index (χ4n) is 1.51. The summed E-state index contributed by atoms with van der Waals surface area (Å²) in [6.07, 6.45) is 0. The molecule has 2 aromatic rings. The number of hydrogen-bond donors (Lipinski definition) is 1. The minimum Gasteiger partial charge on any atom is -0.319 e. The van der Waals surface area contributed by atoms with E-state index in [0.29, 0.717) is 0 Å². The van der Waals surface area contributed by atoms with Gasteiger partial charge in [0.2, 0.25) is 0 Å². The van der Waals surface area contributed by atoms with Gasteiger partial charge in [-0.05, 0) is 19.1 Å². The van der Waals surface area contributed by atoms with Crippen molar-refractivity contribution in [3.8, 4) is 0 Å². The molecule has 0 radical (unpaired) electrons. The van der Waals surface area contributed by atoms with Crippen LogP contribution < -0.4 is 5.73 Å². The third-order valence-corrected chi connectivity index (χ3v) is 2.47. The number of hydrogen-bond acceptors (Lipinski definition) is 2. The van der Waals surface area contributed by atoms with E-state index in [0.717, 1.165) is 22.2 Å². The van der Waals surface area contributed by atoms with Crippen LogP contribution >= 0.6 is 0 Å². The maximum Gasteiger partial charge on any atom is 0.0706 e. The Hall–Kier alpha value is -1.67. The highest BCUT2D eigenvalue weighted by atomic mass is 14.8. The van der Waals surface area contributed by atoms with E-state index in [4.69, 9.17) is 5.73 Å². The van der Waals surface area contributed by atoms with Crippen molar-refractivity contribution in [2.24, 2.45) is 5.73 Å². The monoisotopic (exact) mass is 198 g/mol. The number of fused-ring (bicyclic) bond motifs is 1. The van der Waals surface area contributed by atoms with E-state index in [1.165, 1.54) is 0 Å². The zero-order chi connectivity index (χ0) is 10.8. The van der Waals surface area contributed by atoms with Gasteiger partial charge >= 0.3 is 0 Å². The van der Waals surface area contributed by atoms with Gasteiger partial charge in [-0.3, -0.25) is 4.98 Å². The van der Waals surface area contributed by atoms with Crippen LogP contribution in [-0.2, 0) is 0 Å². The highest BCUT2D eigenvalue weighted by Gasteiger charge is 2.07. The van der Waals surface area contributed by atoms with Crippen molar-refractivity contribution >= 4 is 10.9 Å². The molecule has 2 N–H and O–H groups in total. The van der Waals surface area contributed by atoms with E-state index in [1.807, 2.05) is 43.3 Å². The summed E-state index contributed by atoms with van der Waals surface area (Å²) in [6, 6.07) is 11.8. The van der Waals surface area contributed by atoms with Gasteiger partial charge in [-0.25, -0.2) is 0 Å². The van der Waals surface area contributed by atoms with Crippen LogP contribution in [0.2, 0.25) is 0 Å². The molecule has 2 nitrogen and oxygen atoms in total. The normalized spacial score (nSPS) is 12.7. The number of rotatable bonds is 2. The van der Waals surface area contributed by atoms with Crippen molar-refractivity contribution in [1.29, 1.82) is 0 Å². The molecule has 0 saturated carbocycles. The first-order valence-corrected chi connectivity index (χ1v) is 4.95. The molecule has 0 aliphatic heterocycles. The molecule has 76 valence electrons. The first-order chi connectivity index (χ1) is 7.18. The first kappa shape index (κ1) is 9.87. The third-order valence-electron chi connectivity index (χ3n) is 2.47. The number of benzene rings is 1. The van der Waals surface area contributed by atoms with Gasteiger partial charge in [-0.1, -0.05) is 36.4 Å². The number of nitrogens with zero attached hydrogens (tertiary/aromatic N) is 1. The largest absolute Gasteiger partial charge is 0.319 e. The topological polar surface area (TPSA) is 38.9 Å². The fraction of sp³-hybridized carbons (Fsp3) is 0.154. The Morgan fingerprint density at radius 3 is 2.73 bits per heavy atom. The molecule has 0 saturated heterocycles. The predicted molar refractivity (Wildman–Crippen MR) is 63.5 cm³/mol. The van der Waals surface area contributed by atoms with Crippen LogP contribution in [-0.4, -0.2) is 4.98 Å². The second kappa shape index (κ2) is 3.83. The van der Waals surface area contributed by atoms with Gasteiger partial charge < -0.3 is 5.73 Å². The molecule has 2 heteroatoms. The van der Waals surface area contributed by atoms with Crippen LogP contribution in [0.4, 0.5) is 0 Å². The molecule has 0 aliphatic carbocycles. The maximum atomic E-state index is 5.97. The van der Waals surface area contributed by atoms with Gasteiger partial charge in [0, 0.05) is 5.39 Å². The highest BCUT2D eigenvalue weighted by molar-refractivity contribution is 5.78. The smallest absolute Gasteiger partial charge is 0.0706 e. The maximum absolute atomic E-state index is 5.97. The Bertz CT molecular complexity index is 503. The minimum absolute atomic E-state index is 0.172. The Labute approximate surface area is 89.4 Å². The van der Waals surface area contributed by atoms with Crippen molar-refractivity contribution in [2.75, 3.05) is 0 Å². The lowest BCUT2D eigenvalue weighted by molar-refractivity contribution is 0.818. The molecule has 1 aromatic heterocycles. The summed E-state index contributed by atoms with van der Waals surface area (Å²) in [4.78, 5) is 4.51. The SMILES string of the molecule is C=C(C)C(N)c1ccc2ccccc2n1. The molecule has 0 bridgehead atoms. The lowest BCUT2D eigenvalue weighted by Gasteiger charge is -2.11.